The van der Waals surface area contributed by atoms with Gasteiger partial charge in [0, 0.05) is 6.54 Å². The Morgan fingerprint density at radius 2 is 2.31 bits per heavy atom. The highest BCUT2D eigenvalue weighted by Crippen LogP contribution is 2.38. The number of rotatable bonds is 0. The molecule has 0 aromatic rings. The molecule has 0 aromatic carbocycles. The highest BCUT2D eigenvalue weighted by atomic mass is 32.2. The van der Waals surface area contributed by atoms with Crippen LogP contribution in [0.3, 0.4) is 0 Å². The van der Waals surface area contributed by atoms with Crippen LogP contribution >= 0.6 is 0 Å². The third-order valence-corrected chi connectivity index (χ3v) is 4.87. The van der Waals surface area contributed by atoms with Gasteiger partial charge in [-0.25, -0.2) is 8.42 Å². The Labute approximate surface area is 77.1 Å². The first-order valence-electron chi connectivity index (χ1n) is 4.23. The first kappa shape index (κ1) is 8.96. The summed E-state index contributed by atoms with van der Waals surface area (Å²) >= 11 is 0. The van der Waals surface area contributed by atoms with Crippen LogP contribution in [0.2, 0.25) is 0 Å². The van der Waals surface area contributed by atoms with E-state index < -0.39 is 15.6 Å². The van der Waals surface area contributed by atoms with Gasteiger partial charge in [-0.15, -0.1) is 0 Å². The zero-order chi connectivity index (χ0) is 9.69. The minimum absolute atomic E-state index is 0.125. The molecule has 0 spiro atoms. The summed E-state index contributed by atoms with van der Waals surface area (Å²) in [7, 11) is -3.20. The first-order chi connectivity index (χ1) is 6.00. The molecule has 2 saturated heterocycles. The van der Waals surface area contributed by atoms with E-state index in [4.69, 9.17) is 5.21 Å². The van der Waals surface area contributed by atoms with Crippen molar-refractivity contribution in [1.82, 2.24) is 4.31 Å². The Bertz CT molecular complexity index is 362. The second-order valence-electron chi connectivity index (χ2n) is 3.75. The number of hydrogen-bond donors (Lipinski definition) is 1. The average molecular weight is 204 g/mol. The van der Waals surface area contributed by atoms with E-state index in [9.17, 15) is 8.42 Å². The fourth-order valence-electron chi connectivity index (χ4n) is 2.22. The highest BCUT2D eigenvalue weighted by molar-refractivity contribution is 7.90. The average Bonchev–Trinajstić information content (AvgIpc) is 2.50. The van der Waals surface area contributed by atoms with Gasteiger partial charge in [-0.2, -0.15) is 4.31 Å². The number of oxime groups is 1. The lowest BCUT2D eigenvalue weighted by Crippen LogP contribution is -2.41. The molecule has 2 rings (SSSR count). The van der Waals surface area contributed by atoms with Crippen LogP contribution in [0.5, 0.6) is 0 Å². The topological polar surface area (TPSA) is 70.0 Å². The monoisotopic (exact) mass is 204 g/mol. The van der Waals surface area contributed by atoms with Gasteiger partial charge in [-0.1, -0.05) is 5.16 Å². The van der Waals surface area contributed by atoms with Crippen molar-refractivity contribution < 1.29 is 13.6 Å². The first-order valence-corrected chi connectivity index (χ1v) is 5.83. The van der Waals surface area contributed by atoms with E-state index in [2.05, 4.69) is 5.16 Å². The van der Waals surface area contributed by atoms with Crippen LogP contribution in [0, 0.1) is 0 Å². The van der Waals surface area contributed by atoms with Crippen molar-refractivity contribution in [3.63, 3.8) is 0 Å². The standard InChI is InChI=1S/C7H12N2O3S/c1-7-3-2-4-9(7)13(11,12)5-6(7)8-10/h10H,2-5H2,1H3/b8-6+. The maximum absolute atomic E-state index is 11.6. The molecule has 0 aliphatic carbocycles. The largest absolute Gasteiger partial charge is 0.411 e. The van der Waals surface area contributed by atoms with Crippen molar-refractivity contribution in [3.8, 4) is 0 Å². The molecular formula is C7H12N2O3S. The minimum atomic E-state index is -3.20. The van der Waals surface area contributed by atoms with E-state index in [1.165, 1.54) is 4.31 Å². The lowest BCUT2D eigenvalue weighted by molar-refractivity contribution is 0.302. The molecule has 13 heavy (non-hydrogen) atoms. The van der Waals surface area contributed by atoms with Crippen LogP contribution in [-0.2, 0) is 10.0 Å². The molecule has 2 heterocycles. The van der Waals surface area contributed by atoms with E-state index >= 15 is 0 Å². The van der Waals surface area contributed by atoms with E-state index in [0.29, 0.717) is 12.3 Å². The number of nitrogens with zero attached hydrogens (tertiary/aromatic N) is 2. The second kappa shape index (κ2) is 2.45. The summed E-state index contributed by atoms with van der Waals surface area (Å²) in [5.74, 6) is -0.125. The molecule has 1 unspecified atom stereocenters. The Balaban J connectivity index is 2.54. The van der Waals surface area contributed by atoms with Gasteiger partial charge >= 0.3 is 0 Å². The third-order valence-electron chi connectivity index (χ3n) is 2.97. The van der Waals surface area contributed by atoms with Gasteiger partial charge < -0.3 is 5.21 Å². The molecule has 2 aliphatic rings. The van der Waals surface area contributed by atoms with Crippen LogP contribution in [0.15, 0.2) is 5.16 Å². The Kier molecular flexibility index (Phi) is 1.69. The number of sulfonamides is 1. The molecule has 2 aliphatic heterocycles. The summed E-state index contributed by atoms with van der Waals surface area (Å²) in [5, 5.41) is 11.8. The quantitative estimate of drug-likeness (QED) is 0.446. The highest BCUT2D eigenvalue weighted by Gasteiger charge is 2.54. The van der Waals surface area contributed by atoms with Gasteiger partial charge in [0.25, 0.3) is 0 Å². The van der Waals surface area contributed by atoms with Crippen molar-refractivity contribution in [1.29, 1.82) is 0 Å². The van der Waals surface area contributed by atoms with Crippen molar-refractivity contribution in [2.24, 2.45) is 5.16 Å². The van der Waals surface area contributed by atoms with Gasteiger partial charge in [0.2, 0.25) is 10.0 Å². The zero-order valence-electron chi connectivity index (χ0n) is 7.39. The molecule has 74 valence electrons. The molecule has 0 saturated carbocycles. The maximum Gasteiger partial charge on any atom is 0.220 e. The summed E-state index contributed by atoms with van der Waals surface area (Å²) in [5.41, 5.74) is -0.168. The second-order valence-corrected chi connectivity index (χ2v) is 5.65. The van der Waals surface area contributed by atoms with Gasteiger partial charge in [-0.05, 0) is 19.8 Å². The van der Waals surface area contributed by atoms with Crippen molar-refractivity contribution >= 4 is 15.7 Å². The Morgan fingerprint density at radius 3 is 2.92 bits per heavy atom. The third kappa shape index (κ3) is 1.02. The van der Waals surface area contributed by atoms with Gasteiger partial charge in [0.1, 0.15) is 5.75 Å². The van der Waals surface area contributed by atoms with Gasteiger partial charge in [-0.3, -0.25) is 0 Å². The smallest absolute Gasteiger partial charge is 0.220 e. The molecule has 2 fully saturated rings. The van der Waals surface area contributed by atoms with Crippen LogP contribution < -0.4 is 0 Å². The molecule has 1 N–H and O–H groups in total. The van der Waals surface area contributed by atoms with Crippen LogP contribution in [-0.4, -0.2) is 41.5 Å². The minimum Gasteiger partial charge on any atom is -0.411 e. The lowest BCUT2D eigenvalue weighted by Gasteiger charge is -2.24. The zero-order valence-corrected chi connectivity index (χ0v) is 8.21. The molecule has 0 bridgehead atoms. The van der Waals surface area contributed by atoms with E-state index in [0.717, 1.165) is 12.8 Å². The summed E-state index contributed by atoms with van der Waals surface area (Å²) in [6.07, 6.45) is 1.60. The van der Waals surface area contributed by atoms with E-state index in [1.807, 2.05) is 6.92 Å². The lowest BCUT2D eigenvalue weighted by atomic mass is 9.95. The molecule has 0 amide bonds. The molecule has 0 aromatic heterocycles. The van der Waals surface area contributed by atoms with E-state index in [-0.39, 0.29) is 5.75 Å². The molecule has 5 nitrogen and oxygen atoms in total. The predicted octanol–water partition coefficient (Wildman–Crippen LogP) is 0.0145. The Morgan fingerprint density at radius 1 is 1.62 bits per heavy atom. The number of fused-ring (bicyclic) bond motifs is 1. The number of hydrogen-bond acceptors (Lipinski definition) is 4. The van der Waals surface area contributed by atoms with E-state index in [1.54, 1.807) is 0 Å². The van der Waals surface area contributed by atoms with Crippen molar-refractivity contribution in [3.05, 3.63) is 0 Å². The fourth-order valence-corrected chi connectivity index (χ4v) is 4.30. The summed E-state index contributed by atoms with van der Waals surface area (Å²) in [6.45, 7) is 2.37. The van der Waals surface area contributed by atoms with Crippen LogP contribution in [0.1, 0.15) is 19.8 Å². The van der Waals surface area contributed by atoms with Crippen molar-refractivity contribution in [2.75, 3.05) is 12.3 Å². The SMILES string of the molecule is CC12CCCN1S(=O)(=O)C/C2=N\O. The van der Waals surface area contributed by atoms with Crippen molar-refractivity contribution in [2.45, 2.75) is 25.3 Å². The molecular weight excluding hydrogens is 192 g/mol. The summed E-state index contributed by atoms with van der Waals surface area (Å²) < 4.78 is 24.6. The predicted molar refractivity (Wildman–Crippen MR) is 47.4 cm³/mol. The maximum atomic E-state index is 11.6. The summed E-state index contributed by atoms with van der Waals surface area (Å²) in [4.78, 5) is 0. The molecule has 6 heteroatoms. The molecule has 1 atom stereocenters. The normalized spacial score (nSPS) is 41.2. The molecule has 0 radical (unpaired) electrons. The Hall–Kier alpha value is -0.620. The van der Waals surface area contributed by atoms with Gasteiger partial charge in [0.05, 0.1) is 11.3 Å². The summed E-state index contributed by atoms with van der Waals surface area (Å²) in [6, 6.07) is 0. The van der Waals surface area contributed by atoms with Crippen LogP contribution in [0.4, 0.5) is 0 Å². The van der Waals surface area contributed by atoms with Gasteiger partial charge in [0.15, 0.2) is 0 Å². The van der Waals surface area contributed by atoms with Crippen LogP contribution in [0.25, 0.3) is 0 Å². The fraction of sp³-hybridized carbons (Fsp3) is 0.857.